The Balaban J connectivity index is 1.96. The lowest BCUT2D eigenvalue weighted by atomic mass is 10.1. The average molecular weight is 381 g/mol. The Hall–Kier alpha value is -2.48. The molecule has 0 aliphatic carbocycles. The number of carboxylic acid groups (broad SMARTS) is 1. The van der Waals surface area contributed by atoms with E-state index in [9.17, 15) is 22.8 Å². The molecule has 1 atom stereocenters. The number of benzene rings is 2. The van der Waals surface area contributed by atoms with Crippen molar-refractivity contribution in [1.82, 2.24) is 0 Å². The van der Waals surface area contributed by atoms with Crippen LogP contribution in [-0.2, 0) is 11.0 Å². The molecule has 8 heteroatoms. The number of thioether (sulfide) groups is 1. The topological polar surface area (TPSA) is 57.6 Å². The minimum absolute atomic E-state index is 0.108. The molecule has 3 rings (SSSR count). The summed E-state index contributed by atoms with van der Waals surface area (Å²) in [6.45, 7) is 1.70. The van der Waals surface area contributed by atoms with Crippen LogP contribution in [-0.4, -0.2) is 22.7 Å². The van der Waals surface area contributed by atoms with Crippen LogP contribution < -0.4 is 4.90 Å². The maximum absolute atomic E-state index is 12.7. The van der Waals surface area contributed by atoms with E-state index in [4.69, 9.17) is 5.11 Å². The summed E-state index contributed by atoms with van der Waals surface area (Å²) in [5.74, 6) is -1.04. The zero-order valence-corrected chi connectivity index (χ0v) is 14.4. The summed E-state index contributed by atoms with van der Waals surface area (Å²) in [6, 6.07) is 9.16. The van der Waals surface area contributed by atoms with Crippen molar-refractivity contribution in [2.75, 3.05) is 10.7 Å². The van der Waals surface area contributed by atoms with Gasteiger partial charge in [-0.15, -0.1) is 11.8 Å². The smallest absolute Gasteiger partial charge is 0.416 e. The summed E-state index contributed by atoms with van der Waals surface area (Å²) in [5.41, 5.74) is 1.10. The Kier molecular flexibility index (Phi) is 4.70. The number of hydrogen-bond donors (Lipinski definition) is 1. The summed E-state index contributed by atoms with van der Waals surface area (Å²) >= 11 is 1.32. The zero-order valence-electron chi connectivity index (χ0n) is 13.6. The maximum atomic E-state index is 12.7. The fourth-order valence-electron chi connectivity index (χ4n) is 2.83. The Labute approximate surface area is 151 Å². The molecule has 0 spiro atoms. The molecule has 1 unspecified atom stereocenters. The molecular formula is C18H14F3NO3S. The van der Waals surface area contributed by atoms with E-state index in [-0.39, 0.29) is 17.2 Å². The number of rotatable bonds is 3. The van der Waals surface area contributed by atoms with Crippen LogP contribution in [0.4, 0.5) is 18.9 Å². The van der Waals surface area contributed by atoms with Gasteiger partial charge in [-0.1, -0.05) is 12.1 Å². The van der Waals surface area contributed by atoms with Crippen LogP contribution in [0, 0.1) is 6.92 Å². The fourth-order valence-corrected chi connectivity index (χ4v) is 4.00. The SMILES string of the molecule is Cc1cc(C(=O)O)ccc1N1C(=O)CSC1c1ccc(C(F)(F)F)cc1. The molecule has 26 heavy (non-hydrogen) atoms. The summed E-state index contributed by atoms with van der Waals surface area (Å²) in [6.07, 6.45) is -4.42. The van der Waals surface area contributed by atoms with Crippen molar-refractivity contribution < 1.29 is 27.9 Å². The van der Waals surface area contributed by atoms with Crippen molar-refractivity contribution in [1.29, 1.82) is 0 Å². The number of carboxylic acids is 1. The fraction of sp³-hybridized carbons (Fsp3) is 0.222. The summed E-state index contributed by atoms with van der Waals surface area (Å²) in [7, 11) is 0. The highest BCUT2D eigenvalue weighted by Crippen LogP contribution is 2.43. The van der Waals surface area contributed by atoms with Crippen molar-refractivity contribution in [3.63, 3.8) is 0 Å². The van der Waals surface area contributed by atoms with Gasteiger partial charge in [-0.05, 0) is 48.4 Å². The normalized spacial score (nSPS) is 17.6. The molecule has 136 valence electrons. The first-order chi connectivity index (χ1) is 12.2. The lowest BCUT2D eigenvalue weighted by Gasteiger charge is -2.26. The van der Waals surface area contributed by atoms with E-state index in [0.29, 0.717) is 16.8 Å². The van der Waals surface area contributed by atoms with Crippen molar-refractivity contribution in [3.8, 4) is 0 Å². The minimum atomic E-state index is -4.42. The first-order valence-electron chi connectivity index (χ1n) is 7.63. The van der Waals surface area contributed by atoms with Gasteiger partial charge in [0.2, 0.25) is 5.91 Å². The van der Waals surface area contributed by atoms with Gasteiger partial charge in [-0.25, -0.2) is 4.79 Å². The quantitative estimate of drug-likeness (QED) is 0.851. The van der Waals surface area contributed by atoms with Crippen LogP contribution in [0.2, 0.25) is 0 Å². The molecule has 4 nitrogen and oxygen atoms in total. The number of aromatic carboxylic acids is 1. The van der Waals surface area contributed by atoms with Gasteiger partial charge >= 0.3 is 12.1 Å². The molecule has 0 saturated carbocycles. The number of halogens is 3. The van der Waals surface area contributed by atoms with E-state index in [1.54, 1.807) is 13.0 Å². The van der Waals surface area contributed by atoms with E-state index in [2.05, 4.69) is 0 Å². The second-order valence-corrected chi connectivity index (χ2v) is 6.92. The van der Waals surface area contributed by atoms with Crippen LogP contribution in [0.25, 0.3) is 0 Å². The molecule has 0 bridgehead atoms. The van der Waals surface area contributed by atoms with Crippen LogP contribution in [0.15, 0.2) is 42.5 Å². The number of carbonyl (C=O) groups is 2. The average Bonchev–Trinajstić information content (AvgIpc) is 2.95. The number of anilines is 1. The van der Waals surface area contributed by atoms with Crippen molar-refractivity contribution in [2.24, 2.45) is 0 Å². The first kappa shape index (κ1) is 18.3. The summed E-state index contributed by atoms with van der Waals surface area (Å²) in [5, 5.41) is 8.60. The van der Waals surface area contributed by atoms with Crippen molar-refractivity contribution in [2.45, 2.75) is 18.5 Å². The van der Waals surface area contributed by atoms with Gasteiger partial charge in [0.05, 0.1) is 16.9 Å². The lowest BCUT2D eigenvalue weighted by molar-refractivity contribution is -0.137. The number of carbonyl (C=O) groups excluding carboxylic acids is 1. The molecule has 0 radical (unpaired) electrons. The molecule has 0 aromatic heterocycles. The molecule has 2 aromatic carbocycles. The second-order valence-electron chi connectivity index (χ2n) is 5.85. The highest BCUT2D eigenvalue weighted by Gasteiger charge is 2.36. The first-order valence-corrected chi connectivity index (χ1v) is 8.68. The van der Waals surface area contributed by atoms with Crippen LogP contribution in [0.5, 0.6) is 0 Å². The van der Waals surface area contributed by atoms with E-state index in [1.807, 2.05) is 0 Å². The summed E-state index contributed by atoms with van der Waals surface area (Å²) < 4.78 is 38.2. The molecule has 1 heterocycles. The van der Waals surface area contributed by atoms with Gasteiger partial charge in [-0.3, -0.25) is 9.69 Å². The van der Waals surface area contributed by atoms with Gasteiger partial charge < -0.3 is 5.11 Å². The van der Waals surface area contributed by atoms with Gasteiger partial charge in [0.15, 0.2) is 0 Å². The number of hydrogen-bond acceptors (Lipinski definition) is 3. The molecule has 1 amide bonds. The van der Waals surface area contributed by atoms with Gasteiger partial charge in [0.1, 0.15) is 5.37 Å². The molecular weight excluding hydrogens is 367 g/mol. The van der Waals surface area contributed by atoms with Gasteiger partial charge in [0, 0.05) is 5.69 Å². The monoisotopic (exact) mass is 381 g/mol. The largest absolute Gasteiger partial charge is 0.478 e. The second kappa shape index (κ2) is 6.68. The van der Waals surface area contributed by atoms with Crippen LogP contribution in [0.1, 0.15) is 32.4 Å². The Bertz CT molecular complexity index is 865. The highest BCUT2D eigenvalue weighted by molar-refractivity contribution is 8.00. The zero-order chi connectivity index (χ0) is 19.1. The third kappa shape index (κ3) is 3.41. The standard InChI is InChI=1S/C18H14F3NO3S/c1-10-8-12(17(24)25)4-7-14(10)22-15(23)9-26-16(22)11-2-5-13(6-3-11)18(19,20)21/h2-8,16H,9H2,1H3,(H,24,25). The lowest BCUT2D eigenvalue weighted by Crippen LogP contribution is -2.28. The van der Waals surface area contributed by atoms with Gasteiger partial charge in [0.25, 0.3) is 0 Å². The van der Waals surface area contributed by atoms with E-state index >= 15 is 0 Å². The Morgan fingerprint density at radius 3 is 2.38 bits per heavy atom. The highest BCUT2D eigenvalue weighted by atomic mass is 32.2. The number of nitrogens with zero attached hydrogens (tertiary/aromatic N) is 1. The van der Waals surface area contributed by atoms with Gasteiger partial charge in [-0.2, -0.15) is 13.2 Å². The third-order valence-corrected chi connectivity index (χ3v) is 5.31. The number of aryl methyl sites for hydroxylation is 1. The molecule has 2 aromatic rings. The van der Waals surface area contributed by atoms with Crippen LogP contribution in [0.3, 0.4) is 0 Å². The predicted molar refractivity (Wildman–Crippen MR) is 92.3 cm³/mol. The number of amides is 1. The molecule has 1 N–H and O–H groups in total. The van der Waals surface area contributed by atoms with Crippen LogP contribution >= 0.6 is 11.8 Å². The molecule has 1 fully saturated rings. The third-order valence-electron chi connectivity index (χ3n) is 4.09. The Morgan fingerprint density at radius 2 is 1.85 bits per heavy atom. The van der Waals surface area contributed by atoms with Crippen molar-refractivity contribution in [3.05, 3.63) is 64.7 Å². The minimum Gasteiger partial charge on any atom is -0.478 e. The van der Waals surface area contributed by atoms with E-state index < -0.39 is 23.1 Å². The van der Waals surface area contributed by atoms with E-state index in [1.165, 1.54) is 40.9 Å². The van der Waals surface area contributed by atoms with E-state index in [0.717, 1.165) is 12.1 Å². The van der Waals surface area contributed by atoms with Crippen molar-refractivity contribution >= 4 is 29.3 Å². The Morgan fingerprint density at radius 1 is 1.19 bits per heavy atom. The predicted octanol–water partition coefficient (Wildman–Crippen LogP) is 4.49. The maximum Gasteiger partial charge on any atom is 0.416 e. The molecule has 1 aliphatic rings. The molecule has 1 aliphatic heterocycles. The molecule has 1 saturated heterocycles. The summed E-state index contributed by atoms with van der Waals surface area (Å²) in [4.78, 5) is 24.9. The number of alkyl halides is 3.